The molecule has 0 unspecified atom stereocenters. The first-order chi connectivity index (χ1) is 12.5. The lowest BCUT2D eigenvalue weighted by Gasteiger charge is -2.17. The van der Waals surface area contributed by atoms with E-state index in [2.05, 4.69) is 43.2 Å². The summed E-state index contributed by atoms with van der Waals surface area (Å²) < 4.78 is 3.51. The Labute approximate surface area is 153 Å². The summed E-state index contributed by atoms with van der Waals surface area (Å²) in [6.45, 7) is 6.70. The van der Waals surface area contributed by atoms with E-state index in [0.29, 0.717) is 5.56 Å². The maximum Gasteiger partial charge on any atom is 0.274 e. The Morgan fingerprint density at radius 3 is 2.31 bits per heavy atom. The van der Waals surface area contributed by atoms with Gasteiger partial charge in [0.25, 0.3) is 5.56 Å². The fraction of sp³-hybridized carbons (Fsp3) is 0.238. The number of hydrogen-bond donors (Lipinski definition) is 0. The molecule has 134 valence electrons. The summed E-state index contributed by atoms with van der Waals surface area (Å²) in [6, 6.07) is 17.9. The summed E-state index contributed by atoms with van der Waals surface area (Å²) in [4.78, 5) is 12.7. The number of hydrazone groups is 1. The van der Waals surface area contributed by atoms with E-state index in [4.69, 9.17) is 0 Å². The van der Waals surface area contributed by atoms with Crippen molar-refractivity contribution in [2.24, 2.45) is 12.1 Å². The minimum atomic E-state index is -0.0291. The first-order valence-corrected chi connectivity index (χ1v) is 8.75. The minimum Gasteiger partial charge on any atom is -0.279 e. The average molecular weight is 348 g/mol. The number of aryl methyl sites for hydroxylation is 1. The fourth-order valence-corrected chi connectivity index (χ4v) is 2.97. The first-order valence-electron chi connectivity index (χ1n) is 8.75. The van der Waals surface area contributed by atoms with Crippen LogP contribution in [0.25, 0.3) is 5.69 Å². The standard InChI is InChI=1S/C21H24N4O/c1-5-24(18-13-11-16(2)12-14-18)22-15-20-17(3)21(26)25(23(20)4)19-9-7-6-8-10-19/h6-15H,5H2,1-4H3. The molecule has 5 heteroatoms. The maximum absolute atomic E-state index is 12.7. The molecule has 0 radical (unpaired) electrons. The molecule has 0 aliphatic rings. The van der Waals surface area contributed by atoms with Crippen LogP contribution in [0.3, 0.4) is 0 Å². The van der Waals surface area contributed by atoms with E-state index in [9.17, 15) is 4.79 Å². The molecule has 0 atom stereocenters. The smallest absolute Gasteiger partial charge is 0.274 e. The number of hydrogen-bond acceptors (Lipinski definition) is 3. The summed E-state index contributed by atoms with van der Waals surface area (Å²) in [5, 5.41) is 6.54. The van der Waals surface area contributed by atoms with Crippen molar-refractivity contribution in [2.75, 3.05) is 11.6 Å². The van der Waals surface area contributed by atoms with Crippen LogP contribution >= 0.6 is 0 Å². The molecule has 5 nitrogen and oxygen atoms in total. The van der Waals surface area contributed by atoms with Gasteiger partial charge in [-0.3, -0.25) is 14.5 Å². The van der Waals surface area contributed by atoms with E-state index in [1.807, 2.05) is 54.0 Å². The Hall–Kier alpha value is -3.08. The topological polar surface area (TPSA) is 42.5 Å². The van der Waals surface area contributed by atoms with Crippen molar-refractivity contribution in [3.63, 3.8) is 0 Å². The lowest BCUT2D eigenvalue weighted by Crippen LogP contribution is -2.20. The molecule has 0 aliphatic heterocycles. The predicted molar refractivity (Wildman–Crippen MR) is 108 cm³/mol. The van der Waals surface area contributed by atoms with Crippen LogP contribution in [0.4, 0.5) is 5.69 Å². The molecule has 0 spiro atoms. The molecule has 1 heterocycles. The van der Waals surface area contributed by atoms with Crippen LogP contribution in [0.1, 0.15) is 23.7 Å². The monoisotopic (exact) mass is 348 g/mol. The van der Waals surface area contributed by atoms with E-state index in [-0.39, 0.29) is 5.56 Å². The van der Waals surface area contributed by atoms with Gasteiger partial charge in [-0.05, 0) is 45.0 Å². The summed E-state index contributed by atoms with van der Waals surface area (Å²) in [5.41, 5.74) is 4.53. The van der Waals surface area contributed by atoms with Gasteiger partial charge in [-0.25, -0.2) is 4.68 Å². The highest BCUT2D eigenvalue weighted by Gasteiger charge is 2.14. The average Bonchev–Trinajstić information content (AvgIpc) is 2.87. The Kier molecular flexibility index (Phi) is 5.07. The SMILES string of the molecule is CCN(N=Cc1c(C)c(=O)n(-c2ccccc2)n1C)c1ccc(C)cc1. The van der Waals surface area contributed by atoms with E-state index < -0.39 is 0 Å². The maximum atomic E-state index is 12.7. The van der Waals surface area contributed by atoms with Gasteiger partial charge in [0.2, 0.25) is 0 Å². The molecule has 0 bridgehead atoms. The second kappa shape index (κ2) is 7.44. The van der Waals surface area contributed by atoms with Crippen molar-refractivity contribution in [1.82, 2.24) is 9.36 Å². The van der Waals surface area contributed by atoms with E-state index in [1.54, 1.807) is 10.9 Å². The van der Waals surface area contributed by atoms with Gasteiger partial charge in [0.05, 0.1) is 23.3 Å². The number of para-hydroxylation sites is 1. The Morgan fingerprint density at radius 2 is 1.69 bits per heavy atom. The lowest BCUT2D eigenvalue weighted by molar-refractivity contribution is 0.642. The fourth-order valence-electron chi connectivity index (χ4n) is 2.97. The third-order valence-corrected chi connectivity index (χ3v) is 4.50. The van der Waals surface area contributed by atoms with Gasteiger partial charge < -0.3 is 0 Å². The van der Waals surface area contributed by atoms with Crippen molar-refractivity contribution in [3.05, 3.63) is 81.8 Å². The number of nitrogens with zero attached hydrogens (tertiary/aromatic N) is 4. The zero-order valence-corrected chi connectivity index (χ0v) is 15.7. The molecular formula is C21H24N4O. The van der Waals surface area contributed by atoms with Crippen molar-refractivity contribution in [1.29, 1.82) is 0 Å². The highest BCUT2D eigenvalue weighted by atomic mass is 16.1. The zero-order valence-electron chi connectivity index (χ0n) is 15.7. The predicted octanol–water partition coefficient (Wildman–Crippen LogP) is 3.65. The highest BCUT2D eigenvalue weighted by Crippen LogP contribution is 2.15. The third-order valence-electron chi connectivity index (χ3n) is 4.50. The molecule has 3 rings (SSSR count). The lowest BCUT2D eigenvalue weighted by atomic mass is 10.2. The summed E-state index contributed by atoms with van der Waals surface area (Å²) >= 11 is 0. The number of anilines is 1. The molecule has 0 aliphatic carbocycles. The largest absolute Gasteiger partial charge is 0.279 e. The number of aromatic nitrogens is 2. The van der Waals surface area contributed by atoms with Crippen LogP contribution in [0, 0.1) is 13.8 Å². The van der Waals surface area contributed by atoms with Crippen LogP contribution in [0.5, 0.6) is 0 Å². The summed E-state index contributed by atoms with van der Waals surface area (Å²) in [7, 11) is 1.88. The van der Waals surface area contributed by atoms with Gasteiger partial charge in [-0.1, -0.05) is 35.9 Å². The Balaban J connectivity index is 1.98. The summed E-state index contributed by atoms with van der Waals surface area (Å²) in [5.74, 6) is 0. The van der Waals surface area contributed by atoms with Crippen molar-refractivity contribution < 1.29 is 0 Å². The van der Waals surface area contributed by atoms with E-state index >= 15 is 0 Å². The molecule has 1 aromatic heterocycles. The molecule has 3 aromatic rings. The minimum absolute atomic E-state index is 0.0291. The van der Waals surface area contributed by atoms with Crippen LogP contribution in [0.15, 0.2) is 64.5 Å². The Morgan fingerprint density at radius 1 is 1.04 bits per heavy atom. The van der Waals surface area contributed by atoms with E-state index in [0.717, 1.165) is 23.6 Å². The van der Waals surface area contributed by atoms with Crippen molar-refractivity contribution >= 4 is 11.9 Å². The first kappa shape index (κ1) is 17.7. The number of rotatable bonds is 5. The van der Waals surface area contributed by atoms with Crippen LogP contribution in [-0.4, -0.2) is 22.1 Å². The van der Waals surface area contributed by atoms with Gasteiger partial charge in [-0.15, -0.1) is 0 Å². The molecule has 0 N–H and O–H groups in total. The van der Waals surface area contributed by atoms with Gasteiger partial charge in [-0.2, -0.15) is 5.10 Å². The quantitative estimate of drug-likeness (QED) is 0.522. The highest BCUT2D eigenvalue weighted by molar-refractivity contribution is 5.80. The molecule has 0 amide bonds. The van der Waals surface area contributed by atoms with Gasteiger partial charge >= 0.3 is 0 Å². The molecule has 0 saturated carbocycles. The third kappa shape index (κ3) is 3.33. The van der Waals surface area contributed by atoms with Crippen molar-refractivity contribution in [2.45, 2.75) is 20.8 Å². The van der Waals surface area contributed by atoms with Gasteiger partial charge in [0.15, 0.2) is 0 Å². The molecule has 0 saturated heterocycles. The van der Waals surface area contributed by atoms with Gasteiger partial charge in [0.1, 0.15) is 0 Å². The van der Waals surface area contributed by atoms with Crippen LogP contribution in [0.2, 0.25) is 0 Å². The molecular weight excluding hydrogens is 324 g/mol. The molecule has 0 fully saturated rings. The van der Waals surface area contributed by atoms with Gasteiger partial charge in [0, 0.05) is 19.2 Å². The Bertz CT molecular complexity index is 966. The van der Waals surface area contributed by atoms with Crippen LogP contribution in [-0.2, 0) is 7.05 Å². The molecule has 26 heavy (non-hydrogen) atoms. The zero-order chi connectivity index (χ0) is 18.7. The second-order valence-electron chi connectivity index (χ2n) is 6.28. The second-order valence-corrected chi connectivity index (χ2v) is 6.28. The van der Waals surface area contributed by atoms with E-state index in [1.165, 1.54) is 5.56 Å². The number of benzene rings is 2. The summed E-state index contributed by atoms with van der Waals surface area (Å²) in [6.07, 6.45) is 1.76. The normalized spacial score (nSPS) is 11.2. The van der Waals surface area contributed by atoms with Crippen molar-refractivity contribution in [3.8, 4) is 5.69 Å². The molecule has 2 aromatic carbocycles. The van der Waals surface area contributed by atoms with Crippen LogP contribution < -0.4 is 10.6 Å².